The van der Waals surface area contributed by atoms with E-state index in [1.165, 1.54) is 19.2 Å². The summed E-state index contributed by atoms with van der Waals surface area (Å²) in [5.74, 6) is -0.773. The van der Waals surface area contributed by atoms with E-state index in [2.05, 4.69) is 10.0 Å². The van der Waals surface area contributed by atoms with Gasteiger partial charge in [-0.05, 0) is 44.2 Å². The molecule has 0 amide bonds. The summed E-state index contributed by atoms with van der Waals surface area (Å²) >= 11 is 0. The van der Waals surface area contributed by atoms with Crippen molar-refractivity contribution in [3.63, 3.8) is 0 Å². The second-order valence-corrected chi connectivity index (χ2v) is 6.91. The average molecular weight is 298 g/mol. The number of carbonyl (C=O) groups is 1. The summed E-state index contributed by atoms with van der Waals surface area (Å²) in [6.45, 7) is 0.362. The molecule has 0 heterocycles. The topological polar surface area (TPSA) is 95.5 Å². The van der Waals surface area contributed by atoms with Crippen molar-refractivity contribution in [3.05, 3.63) is 24.3 Å². The molecule has 3 N–H and O–H groups in total. The molecular weight excluding hydrogens is 280 g/mol. The Balaban J connectivity index is 2.03. The van der Waals surface area contributed by atoms with E-state index in [4.69, 9.17) is 0 Å². The van der Waals surface area contributed by atoms with Gasteiger partial charge < -0.3 is 10.4 Å². The number of rotatable bonds is 6. The lowest BCUT2D eigenvalue weighted by atomic mass is 9.69. The summed E-state index contributed by atoms with van der Waals surface area (Å²) in [4.78, 5) is 11.4. The molecule has 0 atom stereocenters. The van der Waals surface area contributed by atoms with Gasteiger partial charge in [0.25, 0.3) is 0 Å². The minimum atomic E-state index is -3.44. The second-order valence-electron chi connectivity index (χ2n) is 5.02. The van der Waals surface area contributed by atoms with Crippen LogP contribution in [0.3, 0.4) is 0 Å². The zero-order valence-corrected chi connectivity index (χ0v) is 12.0. The van der Waals surface area contributed by atoms with Crippen LogP contribution in [0.1, 0.15) is 19.3 Å². The molecule has 1 saturated carbocycles. The Labute approximate surface area is 118 Å². The van der Waals surface area contributed by atoms with Crippen molar-refractivity contribution >= 4 is 21.7 Å². The summed E-state index contributed by atoms with van der Waals surface area (Å²) in [5.41, 5.74) is 0.0444. The molecule has 0 spiro atoms. The predicted octanol–water partition coefficient (Wildman–Crippen LogP) is 1.26. The number of hydrogen-bond donors (Lipinski definition) is 3. The van der Waals surface area contributed by atoms with Crippen LogP contribution in [0.4, 0.5) is 5.69 Å². The fourth-order valence-corrected chi connectivity index (χ4v) is 2.94. The number of carboxylic acids is 1. The Morgan fingerprint density at radius 3 is 2.30 bits per heavy atom. The molecule has 0 unspecified atom stereocenters. The molecule has 0 saturated heterocycles. The van der Waals surface area contributed by atoms with E-state index in [-0.39, 0.29) is 4.90 Å². The van der Waals surface area contributed by atoms with E-state index in [9.17, 15) is 18.3 Å². The SMILES string of the molecule is CNS(=O)(=O)c1ccc(NCC2(C(=O)O)CCC2)cc1. The summed E-state index contributed by atoms with van der Waals surface area (Å²) in [5, 5.41) is 12.3. The first-order valence-electron chi connectivity index (χ1n) is 6.40. The molecule has 20 heavy (non-hydrogen) atoms. The van der Waals surface area contributed by atoms with Gasteiger partial charge in [0.2, 0.25) is 10.0 Å². The van der Waals surface area contributed by atoms with Crippen LogP contribution >= 0.6 is 0 Å². The molecule has 7 heteroatoms. The molecular formula is C13H18N2O4S. The number of benzene rings is 1. The van der Waals surface area contributed by atoms with Crippen LogP contribution < -0.4 is 10.0 Å². The zero-order chi connectivity index (χ0) is 14.8. The molecule has 1 aromatic carbocycles. The fraction of sp³-hybridized carbons (Fsp3) is 0.462. The van der Waals surface area contributed by atoms with Crippen molar-refractivity contribution in [2.45, 2.75) is 24.2 Å². The number of carboxylic acid groups (broad SMARTS) is 1. The largest absolute Gasteiger partial charge is 0.481 e. The minimum Gasteiger partial charge on any atom is -0.481 e. The predicted molar refractivity (Wildman–Crippen MR) is 75.1 cm³/mol. The van der Waals surface area contributed by atoms with Gasteiger partial charge in [-0.1, -0.05) is 6.42 Å². The summed E-state index contributed by atoms with van der Waals surface area (Å²) in [7, 11) is -2.08. The molecule has 0 aliphatic heterocycles. The maximum Gasteiger partial charge on any atom is 0.311 e. The first kappa shape index (κ1) is 14.8. The van der Waals surface area contributed by atoms with Crippen molar-refractivity contribution in [2.24, 2.45) is 5.41 Å². The number of sulfonamides is 1. The van der Waals surface area contributed by atoms with Crippen LogP contribution in [0.15, 0.2) is 29.2 Å². The first-order valence-corrected chi connectivity index (χ1v) is 7.89. The molecule has 1 aromatic rings. The maximum atomic E-state index is 11.6. The van der Waals surface area contributed by atoms with Gasteiger partial charge in [-0.2, -0.15) is 0 Å². The van der Waals surface area contributed by atoms with Gasteiger partial charge in [0, 0.05) is 12.2 Å². The maximum absolute atomic E-state index is 11.6. The Hall–Kier alpha value is -1.60. The Morgan fingerprint density at radius 2 is 1.90 bits per heavy atom. The van der Waals surface area contributed by atoms with Gasteiger partial charge in [-0.15, -0.1) is 0 Å². The number of nitrogens with one attached hydrogen (secondary N) is 2. The van der Waals surface area contributed by atoms with E-state index in [0.717, 1.165) is 6.42 Å². The lowest BCUT2D eigenvalue weighted by Gasteiger charge is -2.37. The van der Waals surface area contributed by atoms with Crippen molar-refractivity contribution < 1.29 is 18.3 Å². The highest BCUT2D eigenvalue weighted by molar-refractivity contribution is 7.89. The van der Waals surface area contributed by atoms with Gasteiger partial charge in [0.05, 0.1) is 10.3 Å². The molecule has 1 aliphatic carbocycles. The Kier molecular flexibility index (Phi) is 4.01. The molecule has 0 radical (unpaired) electrons. The number of anilines is 1. The summed E-state index contributed by atoms with van der Waals surface area (Å²) < 4.78 is 25.4. The van der Waals surface area contributed by atoms with E-state index in [0.29, 0.717) is 25.1 Å². The third-order valence-electron chi connectivity index (χ3n) is 3.83. The van der Waals surface area contributed by atoms with E-state index in [1.807, 2.05) is 0 Å². The third kappa shape index (κ3) is 2.78. The summed E-state index contributed by atoms with van der Waals surface area (Å²) in [6, 6.07) is 6.25. The monoisotopic (exact) mass is 298 g/mol. The highest BCUT2D eigenvalue weighted by Gasteiger charge is 2.44. The highest BCUT2D eigenvalue weighted by atomic mass is 32.2. The highest BCUT2D eigenvalue weighted by Crippen LogP contribution is 2.41. The second kappa shape index (κ2) is 5.41. The molecule has 2 rings (SSSR count). The standard InChI is InChI=1S/C13H18N2O4S/c1-14-20(18,19)11-5-3-10(4-6-11)15-9-13(12(16)17)7-2-8-13/h3-6,14-15H,2,7-9H2,1H3,(H,16,17). The van der Waals surface area contributed by atoms with Crippen molar-refractivity contribution in [1.82, 2.24) is 4.72 Å². The molecule has 0 aromatic heterocycles. The van der Waals surface area contributed by atoms with Gasteiger partial charge in [0.1, 0.15) is 0 Å². The van der Waals surface area contributed by atoms with Crippen LogP contribution in [0, 0.1) is 5.41 Å². The zero-order valence-electron chi connectivity index (χ0n) is 11.2. The Morgan fingerprint density at radius 1 is 1.30 bits per heavy atom. The summed E-state index contributed by atoms with van der Waals surface area (Å²) in [6.07, 6.45) is 2.30. The van der Waals surface area contributed by atoms with Crippen molar-refractivity contribution in [1.29, 1.82) is 0 Å². The minimum absolute atomic E-state index is 0.183. The van der Waals surface area contributed by atoms with Crippen molar-refractivity contribution in [2.75, 3.05) is 18.9 Å². The van der Waals surface area contributed by atoms with Gasteiger partial charge in [-0.3, -0.25) is 4.79 Å². The average Bonchev–Trinajstić information content (AvgIpc) is 2.37. The molecule has 0 bridgehead atoms. The van der Waals surface area contributed by atoms with E-state index >= 15 is 0 Å². The van der Waals surface area contributed by atoms with Gasteiger partial charge in [-0.25, -0.2) is 13.1 Å². The van der Waals surface area contributed by atoms with Gasteiger partial charge >= 0.3 is 5.97 Å². The lowest BCUT2D eigenvalue weighted by molar-refractivity contribution is -0.153. The van der Waals surface area contributed by atoms with Crippen molar-refractivity contribution in [3.8, 4) is 0 Å². The van der Waals surface area contributed by atoms with E-state index < -0.39 is 21.4 Å². The first-order chi connectivity index (χ1) is 9.39. The molecule has 110 valence electrons. The quantitative estimate of drug-likeness (QED) is 0.735. The third-order valence-corrected chi connectivity index (χ3v) is 5.26. The number of aliphatic carboxylic acids is 1. The Bertz CT molecular complexity index is 591. The van der Waals surface area contributed by atoms with Crippen LogP contribution in [0.5, 0.6) is 0 Å². The molecule has 6 nitrogen and oxygen atoms in total. The normalized spacial score (nSPS) is 17.2. The molecule has 1 aliphatic rings. The van der Waals surface area contributed by atoms with Crippen LogP contribution in [0.25, 0.3) is 0 Å². The van der Waals surface area contributed by atoms with Crippen LogP contribution in [0.2, 0.25) is 0 Å². The van der Waals surface area contributed by atoms with Crippen LogP contribution in [-0.2, 0) is 14.8 Å². The lowest BCUT2D eigenvalue weighted by Crippen LogP contribution is -2.43. The fourth-order valence-electron chi connectivity index (χ4n) is 2.21. The smallest absolute Gasteiger partial charge is 0.311 e. The van der Waals surface area contributed by atoms with E-state index in [1.54, 1.807) is 12.1 Å². The molecule has 1 fully saturated rings. The number of hydrogen-bond acceptors (Lipinski definition) is 4. The van der Waals surface area contributed by atoms with Gasteiger partial charge in [0.15, 0.2) is 0 Å². The van der Waals surface area contributed by atoms with Crippen LogP contribution in [-0.4, -0.2) is 33.1 Å².